The van der Waals surface area contributed by atoms with Crippen molar-refractivity contribution >= 4 is 17.7 Å². The Kier molecular flexibility index (Phi) is 6.72. The summed E-state index contributed by atoms with van der Waals surface area (Å²) in [6.07, 6.45) is 4.75. The molecule has 0 spiro atoms. The van der Waals surface area contributed by atoms with Crippen LogP contribution in [0.2, 0.25) is 0 Å². The fraction of sp³-hybridized carbons (Fsp3) is 0.625. The van der Waals surface area contributed by atoms with E-state index in [2.05, 4.69) is 59.8 Å². The largest absolute Gasteiger partial charge is 0.378 e. The van der Waals surface area contributed by atoms with Crippen molar-refractivity contribution in [2.45, 2.75) is 75.2 Å². The first kappa shape index (κ1) is 22.3. The summed E-state index contributed by atoms with van der Waals surface area (Å²) >= 11 is 1.54. The van der Waals surface area contributed by atoms with Gasteiger partial charge in [-0.15, -0.1) is 10.2 Å². The first-order valence-corrected chi connectivity index (χ1v) is 12.3. The van der Waals surface area contributed by atoms with E-state index in [9.17, 15) is 4.79 Å². The molecule has 2 aromatic rings. The second kappa shape index (κ2) is 9.33. The average molecular weight is 443 g/mol. The highest BCUT2D eigenvalue weighted by atomic mass is 32.2. The number of morpholine rings is 1. The van der Waals surface area contributed by atoms with E-state index in [1.807, 2.05) is 11.8 Å². The van der Waals surface area contributed by atoms with Crippen molar-refractivity contribution in [1.29, 1.82) is 0 Å². The SMILES string of the molecule is CC(Sc1nnc(-c2ccc(C(C)(C)C)cc2)n1C1CCCC1)C(=O)N1CCOCC1. The molecule has 0 N–H and O–H groups in total. The zero-order valence-electron chi connectivity index (χ0n) is 19.1. The van der Waals surface area contributed by atoms with Crippen molar-refractivity contribution in [3.05, 3.63) is 29.8 Å². The Labute approximate surface area is 189 Å². The number of amides is 1. The van der Waals surface area contributed by atoms with Gasteiger partial charge in [0.25, 0.3) is 0 Å². The second-order valence-electron chi connectivity index (χ2n) is 9.64. The highest BCUT2D eigenvalue weighted by Crippen LogP contribution is 2.38. The van der Waals surface area contributed by atoms with Crippen LogP contribution < -0.4 is 0 Å². The Morgan fingerprint density at radius 1 is 1.10 bits per heavy atom. The van der Waals surface area contributed by atoms with Gasteiger partial charge in [0.1, 0.15) is 0 Å². The fourth-order valence-electron chi connectivity index (χ4n) is 4.41. The van der Waals surface area contributed by atoms with Crippen molar-refractivity contribution < 1.29 is 9.53 Å². The predicted octanol–water partition coefficient (Wildman–Crippen LogP) is 4.70. The molecule has 2 fully saturated rings. The van der Waals surface area contributed by atoms with E-state index >= 15 is 0 Å². The minimum Gasteiger partial charge on any atom is -0.378 e. The van der Waals surface area contributed by atoms with E-state index in [1.165, 1.54) is 30.2 Å². The fourth-order valence-corrected chi connectivity index (χ4v) is 5.42. The summed E-state index contributed by atoms with van der Waals surface area (Å²) in [5.74, 6) is 1.08. The van der Waals surface area contributed by atoms with Gasteiger partial charge in [-0.1, -0.05) is 69.6 Å². The maximum Gasteiger partial charge on any atom is 0.236 e. The second-order valence-corrected chi connectivity index (χ2v) is 10.9. The van der Waals surface area contributed by atoms with E-state index in [-0.39, 0.29) is 16.6 Å². The Hall–Kier alpha value is -1.86. The third-order valence-corrected chi connectivity index (χ3v) is 7.36. The number of carbonyl (C=O) groups is 1. The number of carbonyl (C=O) groups excluding carboxylic acids is 1. The maximum absolute atomic E-state index is 12.9. The lowest BCUT2D eigenvalue weighted by atomic mass is 9.86. The van der Waals surface area contributed by atoms with Crippen molar-refractivity contribution in [3.63, 3.8) is 0 Å². The molecule has 0 radical (unpaired) electrons. The van der Waals surface area contributed by atoms with Gasteiger partial charge >= 0.3 is 0 Å². The van der Waals surface area contributed by atoms with Gasteiger partial charge in [0.05, 0.1) is 18.5 Å². The van der Waals surface area contributed by atoms with Gasteiger partial charge in [-0.3, -0.25) is 9.36 Å². The van der Waals surface area contributed by atoms with Crippen molar-refractivity contribution in [2.75, 3.05) is 26.3 Å². The minimum absolute atomic E-state index is 0.119. The number of ether oxygens (including phenoxy) is 1. The van der Waals surface area contributed by atoms with E-state index in [0.717, 1.165) is 29.4 Å². The zero-order chi connectivity index (χ0) is 22.0. The minimum atomic E-state index is -0.196. The molecule has 1 saturated heterocycles. The summed E-state index contributed by atoms with van der Waals surface area (Å²) in [7, 11) is 0. The van der Waals surface area contributed by atoms with E-state index in [1.54, 1.807) is 0 Å². The first-order chi connectivity index (χ1) is 14.8. The summed E-state index contributed by atoms with van der Waals surface area (Å²) < 4.78 is 7.69. The Balaban J connectivity index is 1.60. The van der Waals surface area contributed by atoms with Gasteiger partial charge in [0.15, 0.2) is 11.0 Å². The van der Waals surface area contributed by atoms with Crippen LogP contribution in [0.4, 0.5) is 0 Å². The number of nitrogens with zero attached hydrogens (tertiary/aromatic N) is 4. The third kappa shape index (κ3) is 4.98. The van der Waals surface area contributed by atoms with Crippen LogP contribution in [0, 0.1) is 0 Å². The molecular weight excluding hydrogens is 408 g/mol. The highest BCUT2D eigenvalue weighted by molar-refractivity contribution is 8.00. The summed E-state index contributed by atoms with van der Waals surface area (Å²) in [6.45, 7) is 11.2. The van der Waals surface area contributed by atoms with E-state index < -0.39 is 0 Å². The van der Waals surface area contributed by atoms with Crippen LogP contribution in [0.5, 0.6) is 0 Å². The lowest BCUT2D eigenvalue weighted by Gasteiger charge is -2.29. The molecule has 6 nitrogen and oxygen atoms in total. The van der Waals surface area contributed by atoms with E-state index in [4.69, 9.17) is 4.74 Å². The Bertz CT molecular complexity index is 891. The molecule has 1 amide bonds. The highest BCUT2D eigenvalue weighted by Gasteiger charge is 2.29. The lowest BCUT2D eigenvalue weighted by Crippen LogP contribution is -2.44. The van der Waals surface area contributed by atoms with Crippen molar-refractivity contribution in [3.8, 4) is 11.4 Å². The molecule has 31 heavy (non-hydrogen) atoms. The predicted molar refractivity (Wildman–Crippen MR) is 124 cm³/mol. The summed E-state index contributed by atoms with van der Waals surface area (Å²) in [5, 5.41) is 9.81. The van der Waals surface area contributed by atoms with Gasteiger partial charge in [0, 0.05) is 24.7 Å². The molecule has 0 bridgehead atoms. The molecule has 2 aliphatic rings. The van der Waals surface area contributed by atoms with Crippen LogP contribution in [0.3, 0.4) is 0 Å². The van der Waals surface area contributed by atoms with Crippen LogP contribution in [0.1, 0.15) is 65.0 Å². The third-order valence-electron chi connectivity index (χ3n) is 6.32. The summed E-state index contributed by atoms with van der Waals surface area (Å²) in [4.78, 5) is 14.8. The molecule has 7 heteroatoms. The number of benzene rings is 1. The number of hydrogen-bond acceptors (Lipinski definition) is 5. The maximum atomic E-state index is 12.9. The topological polar surface area (TPSA) is 60.2 Å². The molecular formula is C24H34N4O2S. The van der Waals surface area contributed by atoms with E-state index in [0.29, 0.717) is 32.3 Å². The van der Waals surface area contributed by atoms with Crippen LogP contribution in [0.15, 0.2) is 29.4 Å². The molecule has 1 aromatic carbocycles. The van der Waals surface area contributed by atoms with Crippen molar-refractivity contribution in [1.82, 2.24) is 19.7 Å². The van der Waals surface area contributed by atoms with Crippen LogP contribution in [-0.4, -0.2) is 57.1 Å². The van der Waals surface area contributed by atoms with Gasteiger partial charge in [-0.2, -0.15) is 0 Å². The molecule has 168 valence electrons. The van der Waals surface area contributed by atoms with Crippen molar-refractivity contribution in [2.24, 2.45) is 0 Å². The number of rotatable bonds is 5. The van der Waals surface area contributed by atoms with Gasteiger partial charge in [-0.25, -0.2) is 0 Å². The number of thioether (sulfide) groups is 1. The first-order valence-electron chi connectivity index (χ1n) is 11.4. The molecule has 1 aromatic heterocycles. The van der Waals surface area contributed by atoms with Crippen LogP contribution >= 0.6 is 11.8 Å². The standard InChI is InChI=1S/C24H34N4O2S/c1-17(22(29)27-13-15-30-16-14-27)31-23-26-25-21(28(23)20-7-5-6-8-20)18-9-11-19(12-10-18)24(2,3)4/h9-12,17,20H,5-8,13-16H2,1-4H3. The normalized spacial score (nSPS) is 19.0. The molecule has 1 saturated carbocycles. The summed E-state index contributed by atoms with van der Waals surface area (Å²) in [5.41, 5.74) is 2.52. The van der Waals surface area contributed by atoms with Gasteiger partial charge < -0.3 is 9.64 Å². The molecule has 4 rings (SSSR count). The molecule has 1 aliphatic heterocycles. The lowest BCUT2D eigenvalue weighted by molar-refractivity contribution is -0.134. The number of aromatic nitrogens is 3. The monoisotopic (exact) mass is 442 g/mol. The molecule has 1 atom stereocenters. The zero-order valence-corrected chi connectivity index (χ0v) is 20.0. The Morgan fingerprint density at radius 3 is 2.35 bits per heavy atom. The van der Waals surface area contributed by atoms with Crippen LogP contribution in [-0.2, 0) is 14.9 Å². The molecule has 1 aliphatic carbocycles. The average Bonchev–Trinajstić information content (AvgIpc) is 3.43. The smallest absolute Gasteiger partial charge is 0.236 e. The van der Waals surface area contributed by atoms with Gasteiger partial charge in [-0.05, 0) is 30.7 Å². The van der Waals surface area contributed by atoms with Crippen LogP contribution in [0.25, 0.3) is 11.4 Å². The molecule has 2 heterocycles. The number of hydrogen-bond donors (Lipinski definition) is 0. The molecule has 1 unspecified atom stereocenters. The quantitative estimate of drug-likeness (QED) is 0.628. The van der Waals surface area contributed by atoms with Gasteiger partial charge in [0.2, 0.25) is 5.91 Å². The Morgan fingerprint density at radius 2 is 1.74 bits per heavy atom. The summed E-state index contributed by atoms with van der Waals surface area (Å²) in [6, 6.07) is 9.11.